The molecule has 9 heteroatoms. The van der Waals surface area contributed by atoms with Crippen molar-refractivity contribution in [3.63, 3.8) is 0 Å². The highest BCUT2D eigenvalue weighted by Gasteiger charge is 2.28. The topological polar surface area (TPSA) is 72.1 Å². The van der Waals surface area contributed by atoms with Crippen LogP contribution in [0.2, 0.25) is 0 Å². The Kier molecular flexibility index (Phi) is 4.70. The van der Waals surface area contributed by atoms with Crippen LogP contribution in [-0.4, -0.2) is 39.0 Å². The Morgan fingerprint density at radius 1 is 1.28 bits per heavy atom. The largest absolute Gasteiger partial charge is 0.339 e. The van der Waals surface area contributed by atoms with Gasteiger partial charge in [0.25, 0.3) is 5.91 Å². The van der Waals surface area contributed by atoms with Crippen LogP contribution >= 0.6 is 38.6 Å². The Bertz CT molecular complexity index is 895. The number of rotatable bonds is 3. The minimum atomic E-state index is -0.00159. The molecule has 0 unspecified atom stereocenters. The zero-order chi connectivity index (χ0) is 17.4. The molecule has 0 bridgehead atoms. The molecule has 0 N–H and O–H groups in total. The lowest BCUT2D eigenvalue weighted by molar-refractivity contribution is 0.0699. The van der Waals surface area contributed by atoms with Crippen molar-refractivity contribution in [3.8, 4) is 9.88 Å². The third-order valence-electron chi connectivity index (χ3n) is 4.18. The van der Waals surface area contributed by atoms with Crippen molar-refractivity contribution < 1.29 is 9.32 Å². The van der Waals surface area contributed by atoms with Crippen LogP contribution in [0.25, 0.3) is 9.88 Å². The van der Waals surface area contributed by atoms with Gasteiger partial charge in [0.05, 0.1) is 4.88 Å². The van der Waals surface area contributed by atoms with Crippen LogP contribution in [0.4, 0.5) is 0 Å². The highest BCUT2D eigenvalue weighted by molar-refractivity contribution is 9.10. The van der Waals surface area contributed by atoms with Crippen molar-refractivity contribution >= 4 is 44.5 Å². The Morgan fingerprint density at radius 3 is 2.72 bits per heavy atom. The highest BCUT2D eigenvalue weighted by atomic mass is 79.9. The molecule has 1 amide bonds. The summed E-state index contributed by atoms with van der Waals surface area (Å²) in [7, 11) is 0. The molecule has 130 valence electrons. The lowest BCUT2D eigenvalue weighted by Crippen LogP contribution is -2.38. The maximum absolute atomic E-state index is 12.7. The number of likely N-dealkylation sites (tertiary alicyclic amines) is 1. The van der Waals surface area contributed by atoms with Crippen LogP contribution < -0.4 is 0 Å². The second-order valence-corrected chi connectivity index (χ2v) is 8.60. The lowest BCUT2D eigenvalue weighted by Gasteiger charge is -2.29. The molecule has 0 spiro atoms. The molecule has 6 nitrogen and oxygen atoms in total. The van der Waals surface area contributed by atoms with E-state index in [1.54, 1.807) is 11.3 Å². The Balaban J connectivity index is 1.41. The number of piperidine rings is 1. The standard InChI is InChI=1S/C16H15BrN4O2S2/c1-9-18-14(23-20-9)10-2-4-21(5-3-10)16(22)12-8-25-15(19-12)13-6-11(17)7-24-13/h6-8,10H,2-5H2,1H3. The third-order valence-corrected chi connectivity index (χ3v) is 6.88. The SMILES string of the molecule is Cc1noc(C2CCN(C(=O)c3csc(-c4cc(Br)cs4)n3)CC2)n1. The summed E-state index contributed by atoms with van der Waals surface area (Å²) in [5, 5.41) is 8.60. The molecule has 4 heterocycles. The summed E-state index contributed by atoms with van der Waals surface area (Å²) in [4.78, 5) is 24.5. The first-order valence-electron chi connectivity index (χ1n) is 7.89. The highest BCUT2D eigenvalue weighted by Crippen LogP contribution is 2.33. The van der Waals surface area contributed by atoms with Gasteiger partial charge in [-0.2, -0.15) is 4.98 Å². The van der Waals surface area contributed by atoms with E-state index in [1.807, 2.05) is 28.7 Å². The summed E-state index contributed by atoms with van der Waals surface area (Å²) in [6, 6.07) is 2.02. The molecule has 3 aromatic heterocycles. The molecule has 25 heavy (non-hydrogen) atoms. The zero-order valence-corrected chi connectivity index (χ0v) is 16.7. The average Bonchev–Trinajstić information content (AvgIpc) is 3.35. The Morgan fingerprint density at radius 2 is 2.08 bits per heavy atom. The van der Waals surface area contributed by atoms with Gasteiger partial charge in [-0.3, -0.25) is 4.79 Å². The number of thiophene rings is 1. The third kappa shape index (κ3) is 3.54. The molecule has 3 aromatic rings. The number of aromatic nitrogens is 3. The molecule has 0 atom stereocenters. The number of carbonyl (C=O) groups is 1. The van der Waals surface area contributed by atoms with Crippen molar-refractivity contribution in [2.24, 2.45) is 0 Å². The van der Waals surface area contributed by atoms with Crippen molar-refractivity contribution in [1.29, 1.82) is 0 Å². The van der Waals surface area contributed by atoms with E-state index in [2.05, 4.69) is 31.1 Å². The Hall–Kier alpha value is -1.58. The smallest absolute Gasteiger partial charge is 0.273 e. The first-order chi connectivity index (χ1) is 12.1. The van der Waals surface area contributed by atoms with Crippen molar-refractivity contribution in [2.45, 2.75) is 25.7 Å². The van der Waals surface area contributed by atoms with Crippen LogP contribution in [0.1, 0.15) is 41.0 Å². The fourth-order valence-electron chi connectivity index (χ4n) is 2.88. The van der Waals surface area contributed by atoms with E-state index in [0.717, 1.165) is 27.2 Å². The Labute approximate surface area is 161 Å². The van der Waals surface area contributed by atoms with E-state index in [1.165, 1.54) is 11.3 Å². The summed E-state index contributed by atoms with van der Waals surface area (Å²) in [5.74, 6) is 1.57. The van der Waals surface area contributed by atoms with E-state index >= 15 is 0 Å². The van der Waals surface area contributed by atoms with Crippen LogP contribution in [-0.2, 0) is 0 Å². The maximum atomic E-state index is 12.7. The summed E-state index contributed by atoms with van der Waals surface area (Å²) in [6.45, 7) is 3.18. The number of thiazole rings is 1. The van der Waals surface area contributed by atoms with Crippen LogP contribution in [0, 0.1) is 6.92 Å². The zero-order valence-electron chi connectivity index (χ0n) is 13.4. The fraction of sp³-hybridized carbons (Fsp3) is 0.375. The van der Waals surface area contributed by atoms with Gasteiger partial charge in [-0.05, 0) is 41.8 Å². The first-order valence-corrected chi connectivity index (χ1v) is 10.4. The molecule has 1 saturated heterocycles. The molecule has 1 aliphatic rings. The predicted octanol–water partition coefficient (Wildman–Crippen LogP) is 4.35. The number of halogens is 1. The normalized spacial score (nSPS) is 15.7. The molecule has 0 aliphatic carbocycles. The molecule has 0 saturated carbocycles. The lowest BCUT2D eigenvalue weighted by atomic mass is 9.96. The van der Waals surface area contributed by atoms with Gasteiger partial charge in [0, 0.05) is 34.2 Å². The van der Waals surface area contributed by atoms with Gasteiger partial charge in [0.1, 0.15) is 10.7 Å². The summed E-state index contributed by atoms with van der Waals surface area (Å²) in [5.41, 5.74) is 0.525. The second kappa shape index (κ2) is 6.97. The van der Waals surface area contributed by atoms with Crippen LogP contribution in [0.5, 0.6) is 0 Å². The van der Waals surface area contributed by atoms with Gasteiger partial charge in [0.15, 0.2) is 5.82 Å². The van der Waals surface area contributed by atoms with Crippen molar-refractivity contribution in [1.82, 2.24) is 20.0 Å². The van der Waals surface area contributed by atoms with Gasteiger partial charge < -0.3 is 9.42 Å². The average molecular weight is 439 g/mol. The summed E-state index contributed by atoms with van der Waals surface area (Å²) in [6.07, 6.45) is 1.67. The van der Waals surface area contributed by atoms with E-state index in [9.17, 15) is 4.79 Å². The van der Waals surface area contributed by atoms with Gasteiger partial charge in [-0.25, -0.2) is 4.98 Å². The quantitative estimate of drug-likeness (QED) is 0.607. The minimum Gasteiger partial charge on any atom is -0.339 e. The number of nitrogens with zero attached hydrogens (tertiary/aromatic N) is 4. The van der Waals surface area contributed by atoms with E-state index in [-0.39, 0.29) is 11.8 Å². The molecule has 1 fully saturated rings. The van der Waals surface area contributed by atoms with Gasteiger partial charge >= 0.3 is 0 Å². The maximum Gasteiger partial charge on any atom is 0.273 e. The second-order valence-electron chi connectivity index (χ2n) is 5.91. The molecule has 0 aromatic carbocycles. The number of aryl methyl sites for hydroxylation is 1. The first kappa shape index (κ1) is 16.9. The van der Waals surface area contributed by atoms with Crippen molar-refractivity contribution in [3.05, 3.63) is 38.7 Å². The van der Waals surface area contributed by atoms with Crippen LogP contribution in [0.15, 0.2) is 25.8 Å². The van der Waals surface area contributed by atoms with Gasteiger partial charge in [0.2, 0.25) is 5.89 Å². The number of carbonyl (C=O) groups excluding carboxylic acids is 1. The van der Waals surface area contributed by atoms with E-state index in [0.29, 0.717) is 30.5 Å². The van der Waals surface area contributed by atoms with Gasteiger partial charge in [-0.1, -0.05) is 5.16 Å². The summed E-state index contributed by atoms with van der Waals surface area (Å²) >= 11 is 6.57. The molecule has 0 radical (unpaired) electrons. The number of hydrogen-bond donors (Lipinski definition) is 0. The summed E-state index contributed by atoms with van der Waals surface area (Å²) < 4.78 is 6.30. The molecular formula is C16H15BrN4O2S2. The molecule has 1 aliphatic heterocycles. The molecule has 4 rings (SSSR count). The van der Waals surface area contributed by atoms with Gasteiger partial charge in [-0.15, -0.1) is 22.7 Å². The molecular weight excluding hydrogens is 424 g/mol. The number of amides is 1. The predicted molar refractivity (Wildman–Crippen MR) is 100 cm³/mol. The number of hydrogen-bond acceptors (Lipinski definition) is 7. The monoisotopic (exact) mass is 438 g/mol. The minimum absolute atomic E-state index is 0.00159. The van der Waals surface area contributed by atoms with Crippen molar-refractivity contribution in [2.75, 3.05) is 13.1 Å². The van der Waals surface area contributed by atoms with Crippen LogP contribution in [0.3, 0.4) is 0 Å². The van der Waals surface area contributed by atoms with E-state index < -0.39 is 0 Å². The van der Waals surface area contributed by atoms with E-state index in [4.69, 9.17) is 4.52 Å². The fourth-order valence-corrected chi connectivity index (χ4v) is 5.18.